The normalized spacial score (nSPS) is 21.9. The van der Waals surface area contributed by atoms with Crippen LogP contribution in [0.2, 0.25) is 0 Å². The summed E-state index contributed by atoms with van der Waals surface area (Å²) in [6.07, 6.45) is 9.37. The predicted octanol–water partition coefficient (Wildman–Crippen LogP) is 3.56. The maximum absolute atomic E-state index is 13.4. The molecule has 1 aliphatic heterocycles. The van der Waals surface area contributed by atoms with Crippen LogP contribution in [0.25, 0.3) is 11.1 Å². The summed E-state index contributed by atoms with van der Waals surface area (Å²) in [4.78, 5) is 34.3. The van der Waals surface area contributed by atoms with Crippen molar-refractivity contribution in [2.75, 3.05) is 33.8 Å². The van der Waals surface area contributed by atoms with Gasteiger partial charge in [-0.2, -0.15) is 0 Å². The molecule has 2 aromatic rings. The summed E-state index contributed by atoms with van der Waals surface area (Å²) in [5.74, 6) is 0.182. The Labute approximate surface area is 190 Å². The van der Waals surface area contributed by atoms with Crippen LogP contribution in [0.5, 0.6) is 0 Å². The molecule has 32 heavy (non-hydrogen) atoms. The van der Waals surface area contributed by atoms with Gasteiger partial charge < -0.3 is 14.5 Å². The van der Waals surface area contributed by atoms with Crippen LogP contribution in [-0.2, 0) is 20.7 Å². The quantitative estimate of drug-likeness (QED) is 0.721. The summed E-state index contributed by atoms with van der Waals surface area (Å²) < 4.78 is 6.21. The fraction of sp³-hybridized carbons (Fsp3) is 0.500. The first-order chi connectivity index (χ1) is 15.5. The minimum atomic E-state index is -1.07. The summed E-state index contributed by atoms with van der Waals surface area (Å²) in [6.45, 7) is 1.23. The van der Waals surface area contributed by atoms with Gasteiger partial charge in [0.15, 0.2) is 5.60 Å². The van der Waals surface area contributed by atoms with Gasteiger partial charge in [-0.15, -0.1) is 0 Å². The van der Waals surface area contributed by atoms with Crippen LogP contribution in [0.15, 0.2) is 48.8 Å². The number of benzene rings is 1. The third-order valence-electron chi connectivity index (χ3n) is 6.66. The molecule has 1 aliphatic carbocycles. The van der Waals surface area contributed by atoms with Gasteiger partial charge in [0.1, 0.15) is 0 Å². The van der Waals surface area contributed by atoms with Gasteiger partial charge in [-0.1, -0.05) is 49.6 Å². The van der Waals surface area contributed by atoms with Gasteiger partial charge >= 0.3 is 0 Å². The largest absolute Gasteiger partial charge is 0.361 e. The van der Waals surface area contributed by atoms with Crippen molar-refractivity contribution in [2.24, 2.45) is 5.92 Å². The molecule has 1 aromatic carbocycles. The lowest BCUT2D eigenvalue weighted by molar-refractivity contribution is -0.174. The molecule has 0 radical (unpaired) electrons. The molecule has 0 N–H and O–H groups in total. The number of aromatic nitrogens is 1. The molecular formula is C26H33N3O3. The monoisotopic (exact) mass is 435 g/mol. The molecule has 0 unspecified atom stereocenters. The number of nitrogens with zero attached hydrogens (tertiary/aromatic N) is 3. The van der Waals surface area contributed by atoms with Crippen molar-refractivity contribution >= 4 is 11.8 Å². The van der Waals surface area contributed by atoms with Crippen molar-refractivity contribution in [3.8, 4) is 11.1 Å². The number of morpholine rings is 1. The minimum absolute atomic E-state index is 0.0860. The molecule has 4 rings (SSSR count). The Bertz CT molecular complexity index is 940. The number of rotatable bonds is 5. The second-order valence-electron chi connectivity index (χ2n) is 9.26. The van der Waals surface area contributed by atoms with Crippen molar-refractivity contribution < 1.29 is 14.3 Å². The molecule has 1 saturated carbocycles. The number of carbonyl (C=O) groups is 2. The smallest absolute Gasteiger partial charge is 0.256 e. The second-order valence-corrected chi connectivity index (χ2v) is 9.26. The van der Waals surface area contributed by atoms with Crippen LogP contribution < -0.4 is 0 Å². The maximum Gasteiger partial charge on any atom is 0.256 e. The van der Waals surface area contributed by atoms with E-state index >= 15 is 0 Å². The Morgan fingerprint density at radius 3 is 2.62 bits per heavy atom. The predicted molar refractivity (Wildman–Crippen MR) is 124 cm³/mol. The summed E-state index contributed by atoms with van der Waals surface area (Å²) >= 11 is 0. The number of likely N-dealkylation sites (N-methyl/N-ethyl adjacent to an activating group) is 1. The van der Waals surface area contributed by atoms with E-state index in [-0.39, 0.29) is 17.7 Å². The Kier molecular flexibility index (Phi) is 6.89. The molecule has 1 saturated heterocycles. The standard InChI is InChI=1S/C26H33N3O3/c1-28(2)25(31)26(17-20-8-6-11-22(16-20)23-12-7-13-27-18-23)19-29(14-15-32-26)24(30)21-9-4-3-5-10-21/h6-8,11-13,16,18,21H,3-5,9-10,14-15,17,19H2,1-2H3/t26-/m0/s1. The van der Waals surface area contributed by atoms with Gasteiger partial charge in [-0.05, 0) is 35.6 Å². The highest BCUT2D eigenvalue weighted by atomic mass is 16.5. The SMILES string of the molecule is CN(C)C(=O)[C@]1(Cc2cccc(-c3cccnc3)c2)CN(C(=O)C2CCCCC2)CCO1. The molecule has 2 amide bonds. The Morgan fingerprint density at radius 2 is 1.91 bits per heavy atom. The number of carbonyl (C=O) groups excluding carboxylic acids is 2. The van der Waals surface area contributed by atoms with E-state index in [4.69, 9.17) is 4.74 Å². The first kappa shape index (κ1) is 22.5. The average Bonchev–Trinajstić information content (AvgIpc) is 2.84. The molecule has 2 aliphatic rings. The highest BCUT2D eigenvalue weighted by Gasteiger charge is 2.46. The Morgan fingerprint density at radius 1 is 1.12 bits per heavy atom. The van der Waals surface area contributed by atoms with Crippen LogP contribution in [0, 0.1) is 5.92 Å². The summed E-state index contributed by atoms with van der Waals surface area (Å²) in [5.41, 5.74) is 2.02. The topological polar surface area (TPSA) is 62.7 Å². The zero-order chi connectivity index (χ0) is 22.6. The lowest BCUT2D eigenvalue weighted by Crippen LogP contribution is -2.62. The van der Waals surface area contributed by atoms with E-state index in [1.807, 2.05) is 41.4 Å². The molecule has 2 fully saturated rings. The molecule has 6 nitrogen and oxygen atoms in total. The fourth-order valence-corrected chi connectivity index (χ4v) is 5.02. The first-order valence-corrected chi connectivity index (χ1v) is 11.6. The third kappa shape index (κ3) is 4.85. The first-order valence-electron chi connectivity index (χ1n) is 11.6. The van der Waals surface area contributed by atoms with Gasteiger partial charge in [0, 0.05) is 45.4 Å². The Hall–Kier alpha value is -2.73. The van der Waals surface area contributed by atoms with Crippen molar-refractivity contribution in [2.45, 2.75) is 44.1 Å². The van der Waals surface area contributed by atoms with Crippen molar-refractivity contribution in [3.63, 3.8) is 0 Å². The summed E-state index contributed by atoms with van der Waals surface area (Å²) in [6, 6.07) is 12.1. The van der Waals surface area contributed by atoms with Gasteiger partial charge in [0.05, 0.1) is 13.2 Å². The third-order valence-corrected chi connectivity index (χ3v) is 6.66. The van der Waals surface area contributed by atoms with Crippen LogP contribution in [0.3, 0.4) is 0 Å². The van der Waals surface area contributed by atoms with Gasteiger partial charge in [-0.3, -0.25) is 14.6 Å². The molecular weight excluding hydrogens is 402 g/mol. The molecule has 0 spiro atoms. The zero-order valence-electron chi connectivity index (χ0n) is 19.1. The molecule has 1 atom stereocenters. The van der Waals surface area contributed by atoms with Crippen LogP contribution >= 0.6 is 0 Å². The zero-order valence-corrected chi connectivity index (χ0v) is 19.1. The average molecular weight is 436 g/mol. The van der Waals surface area contributed by atoms with E-state index in [1.165, 1.54) is 6.42 Å². The summed E-state index contributed by atoms with van der Waals surface area (Å²) in [7, 11) is 3.50. The van der Waals surface area contributed by atoms with Crippen molar-refractivity contribution in [3.05, 3.63) is 54.4 Å². The van der Waals surface area contributed by atoms with Crippen molar-refractivity contribution in [1.82, 2.24) is 14.8 Å². The van der Waals surface area contributed by atoms with E-state index in [9.17, 15) is 9.59 Å². The van der Waals surface area contributed by atoms with Crippen LogP contribution in [0.1, 0.15) is 37.7 Å². The summed E-state index contributed by atoms with van der Waals surface area (Å²) in [5, 5.41) is 0. The molecule has 2 heterocycles. The number of ether oxygens (including phenoxy) is 1. The lowest BCUT2D eigenvalue weighted by atomic mass is 9.86. The second kappa shape index (κ2) is 9.82. The molecule has 170 valence electrons. The van der Waals surface area contributed by atoms with E-state index < -0.39 is 5.60 Å². The van der Waals surface area contributed by atoms with E-state index in [0.29, 0.717) is 26.1 Å². The van der Waals surface area contributed by atoms with Crippen LogP contribution in [0.4, 0.5) is 0 Å². The number of amides is 2. The van der Waals surface area contributed by atoms with Gasteiger partial charge in [0.2, 0.25) is 5.91 Å². The Balaban J connectivity index is 1.59. The highest BCUT2D eigenvalue weighted by molar-refractivity contribution is 5.87. The molecule has 6 heteroatoms. The van der Waals surface area contributed by atoms with Gasteiger partial charge in [-0.25, -0.2) is 0 Å². The molecule has 0 bridgehead atoms. The fourth-order valence-electron chi connectivity index (χ4n) is 5.02. The van der Waals surface area contributed by atoms with Gasteiger partial charge in [0.25, 0.3) is 5.91 Å². The lowest BCUT2D eigenvalue weighted by Gasteiger charge is -2.44. The van der Waals surface area contributed by atoms with Crippen LogP contribution in [-0.4, -0.2) is 66.0 Å². The number of hydrogen-bond acceptors (Lipinski definition) is 4. The number of pyridine rings is 1. The highest BCUT2D eigenvalue weighted by Crippen LogP contribution is 2.31. The van der Waals surface area contributed by atoms with Crippen molar-refractivity contribution in [1.29, 1.82) is 0 Å². The van der Waals surface area contributed by atoms with E-state index in [2.05, 4.69) is 11.1 Å². The van der Waals surface area contributed by atoms with E-state index in [0.717, 1.165) is 42.4 Å². The van der Waals surface area contributed by atoms with E-state index in [1.54, 1.807) is 25.2 Å². The minimum Gasteiger partial charge on any atom is -0.361 e. The number of hydrogen-bond donors (Lipinski definition) is 0. The molecule has 1 aromatic heterocycles. The maximum atomic E-state index is 13.4.